The Kier molecular flexibility index (Phi) is 5.29. The largest absolute Gasteiger partial charge is 0.467 e. The molecule has 1 rings (SSSR count). The van der Waals surface area contributed by atoms with E-state index in [0.29, 0.717) is 6.61 Å². The van der Waals surface area contributed by atoms with Crippen molar-refractivity contribution < 1.29 is 14.3 Å². The van der Waals surface area contributed by atoms with E-state index >= 15 is 0 Å². The van der Waals surface area contributed by atoms with E-state index in [2.05, 4.69) is 4.74 Å². The second kappa shape index (κ2) is 6.80. The van der Waals surface area contributed by atoms with Crippen LogP contribution in [0.2, 0.25) is 0 Å². The third kappa shape index (κ3) is 4.28. The van der Waals surface area contributed by atoms with Gasteiger partial charge in [0.05, 0.1) is 13.7 Å². The number of benzene rings is 1. The Labute approximate surface area is 95.7 Å². The van der Waals surface area contributed by atoms with Crippen molar-refractivity contribution in [3.05, 3.63) is 42.0 Å². The first kappa shape index (κ1) is 12.5. The fourth-order valence-corrected chi connectivity index (χ4v) is 1.18. The predicted molar refractivity (Wildman–Crippen MR) is 62.9 cm³/mol. The maximum absolute atomic E-state index is 11.0. The van der Waals surface area contributed by atoms with E-state index in [-0.39, 0.29) is 5.97 Å². The molecule has 0 aliphatic carbocycles. The summed E-state index contributed by atoms with van der Waals surface area (Å²) >= 11 is 0. The van der Waals surface area contributed by atoms with Gasteiger partial charge in [0.25, 0.3) is 0 Å². The summed E-state index contributed by atoms with van der Waals surface area (Å²) in [6.45, 7) is 2.06. The molecule has 0 bridgehead atoms. The minimum atomic E-state index is -0.523. The van der Waals surface area contributed by atoms with Gasteiger partial charge in [0.1, 0.15) is 0 Å². The zero-order valence-electron chi connectivity index (χ0n) is 9.55. The van der Waals surface area contributed by atoms with Crippen LogP contribution in [-0.2, 0) is 14.3 Å². The number of hydrogen-bond acceptors (Lipinski definition) is 3. The minimum Gasteiger partial charge on any atom is -0.467 e. The first-order chi connectivity index (χ1) is 7.74. The van der Waals surface area contributed by atoms with Crippen molar-refractivity contribution >= 4 is 12.0 Å². The maximum atomic E-state index is 11.0. The molecule has 1 unspecified atom stereocenters. The molecule has 0 N–H and O–H groups in total. The van der Waals surface area contributed by atoms with Crippen molar-refractivity contribution in [3.63, 3.8) is 0 Å². The molecule has 3 nitrogen and oxygen atoms in total. The molecule has 86 valence electrons. The van der Waals surface area contributed by atoms with Gasteiger partial charge in [-0.1, -0.05) is 42.5 Å². The van der Waals surface area contributed by atoms with E-state index in [9.17, 15) is 4.79 Å². The van der Waals surface area contributed by atoms with Crippen molar-refractivity contribution in [1.82, 2.24) is 0 Å². The number of rotatable bonds is 5. The van der Waals surface area contributed by atoms with Crippen LogP contribution in [-0.4, -0.2) is 25.8 Å². The smallest absolute Gasteiger partial charge is 0.334 e. The second-order valence-corrected chi connectivity index (χ2v) is 3.31. The molecule has 1 aromatic rings. The van der Waals surface area contributed by atoms with E-state index in [1.165, 1.54) is 7.11 Å². The lowest BCUT2D eigenvalue weighted by atomic mass is 10.2. The maximum Gasteiger partial charge on any atom is 0.334 e. The van der Waals surface area contributed by atoms with Gasteiger partial charge in [0.2, 0.25) is 0 Å². The van der Waals surface area contributed by atoms with Crippen molar-refractivity contribution in [2.24, 2.45) is 0 Å². The molecule has 0 aromatic heterocycles. The van der Waals surface area contributed by atoms with Gasteiger partial charge in [-0.2, -0.15) is 0 Å². The Balaban J connectivity index is 2.31. The first-order valence-electron chi connectivity index (χ1n) is 5.15. The predicted octanol–water partition coefficient (Wildman–Crippen LogP) is 2.28. The van der Waals surface area contributed by atoms with Crippen LogP contribution in [0.15, 0.2) is 36.4 Å². The highest BCUT2D eigenvalue weighted by atomic mass is 16.6. The zero-order chi connectivity index (χ0) is 11.8. The monoisotopic (exact) mass is 220 g/mol. The fourth-order valence-electron chi connectivity index (χ4n) is 1.18. The molecule has 0 radical (unpaired) electrons. The van der Waals surface area contributed by atoms with Gasteiger partial charge in [0.15, 0.2) is 6.10 Å². The fraction of sp³-hybridized carbons (Fsp3) is 0.308. The summed E-state index contributed by atoms with van der Waals surface area (Å²) in [7, 11) is 1.35. The number of carbonyl (C=O) groups is 1. The number of esters is 1. The van der Waals surface area contributed by atoms with Crippen molar-refractivity contribution in [2.45, 2.75) is 13.0 Å². The lowest BCUT2D eigenvalue weighted by Crippen LogP contribution is -2.21. The Morgan fingerprint density at radius 1 is 1.38 bits per heavy atom. The van der Waals surface area contributed by atoms with Crippen LogP contribution in [0.25, 0.3) is 6.08 Å². The normalized spacial score (nSPS) is 12.6. The van der Waals surface area contributed by atoms with Crippen molar-refractivity contribution in [1.29, 1.82) is 0 Å². The van der Waals surface area contributed by atoms with Crippen molar-refractivity contribution in [2.75, 3.05) is 13.7 Å². The van der Waals surface area contributed by atoms with E-state index in [1.807, 2.05) is 42.5 Å². The lowest BCUT2D eigenvalue weighted by Gasteiger charge is -2.08. The van der Waals surface area contributed by atoms with E-state index in [0.717, 1.165) is 5.56 Å². The van der Waals surface area contributed by atoms with Crippen LogP contribution in [0.1, 0.15) is 12.5 Å². The minimum absolute atomic E-state index is 0.354. The summed E-state index contributed by atoms with van der Waals surface area (Å²) in [4.78, 5) is 11.0. The third-order valence-corrected chi connectivity index (χ3v) is 2.09. The second-order valence-electron chi connectivity index (χ2n) is 3.31. The van der Waals surface area contributed by atoms with Crippen LogP contribution in [0, 0.1) is 0 Å². The Morgan fingerprint density at radius 3 is 2.69 bits per heavy atom. The van der Waals surface area contributed by atoms with E-state index in [4.69, 9.17) is 4.74 Å². The van der Waals surface area contributed by atoms with Crippen LogP contribution in [0.3, 0.4) is 0 Å². The highest BCUT2D eigenvalue weighted by Crippen LogP contribution is 2.01. The van der Waals surface area contributed by atoms with Gasteiger partial charge in [-0.05, 0) is 12.5 Å². The lowest BCUT2D eigenvalue weighted by molar-refractivity contribution is -0.152. The van der Waals surface area contributed by atoms with Gasteiger partial charge in [-0.3, -0.25) is 0 Å². The average Bonchev–Trinajstić information content (AvgIpc) is 2.34. The molecule has 16 heavy (non-hydrogen) atoms. The zero-order valence-corrected chi connectivity index (χ0v) is 9.55. The highest BCUT2D eigenvalue weighted by molar-refractivity contribution is 5.73. The van der Waals surface area contributed by atoms with Gasteiger partial charge in [-0.25, -0.2) is 4.79 Å². The van der Waals surface area contributed by atoms with Crippen LogP contribution >= 0.6 is 0 Å². The molecular weight excluding hydrogens is 204 g/mol. The summed E-state index contributed by atoms with van der Waals surface area (Å²) in [5, 5.41) is 0. The van der Waals surface area contributed by atoms with Gasteiger partial charge < -0.3 is 9.47 Å². The van der Waals surface area contributed by atoms with Crippen molar-refractivity contribution in [3.8, 4) is 0 Å². The summed E-state index contributed by atoms with van der Waals surface area (Å²) in [5.41, 5.74) is 1.11. The molecule has 1 atom stereocenters. The topological polar surface area (TPSA) is 35.5 Å². The Hall–Kier alpha value is -1.61. The molecule has 0 heterocycles. The summed E-state index contributed by atoms with van der Waals surface area (Å²) in [6, 6.07) is 9.91. The highest BCUT2D eigenvalue weighted by Gasteiger charge is 2.11. The molecule has 3 heteroatoms. The molecule has 0 aliphatic rings. The average molecular weight is 220 g/mol. The Bertz CT molecular complexity index is 343. The summed E-state index contributed by atoms with van der Waals surface area (Å²) in [6.07, 6.45) is 3.30. The molecule has 0 spiro atoms. The molecule has 0 amide bonds. The van der Waals surface area contributed by atoms with Crippen LogP contribution in [0.4, 0.5) is 0 Å². The molecule has 1 aromatic carbocycles. The SMILES string of the molecule is COC(=O)C(C)OCC=Cc1ccccc1. The quantitative estimate of drug-likeness (QED) is 0.714. The number of methoxy groups -OCH3 is 1. The van der Waals surface area contributed by atoms with E-state index in [1.54, 1.807) is 6.92 Å². The standard InChI is InChI=1S/C13H16O3/c1-11(13(14)15-2)16-10-6-9-12-7-4-3-5-8-12/h3-9,11H,10H2,1-2H3. The van der Waals surface area contributed by atoms with Gasteiger partial charge in [-0.15, -0.1) is 0 Å². The van der Waals surface area contributed by atoms with Gasteiger partial charge in [0, 0.05) is 0 Å². The number of carbonyl (C=O) groups excluding carboxylic acids is 1. The number of hydrogen-bond donors (Lipinski definition) is 0. The molecule has 0 aliphatic heterocycles. The number of ether oxygens (including phenoxy) is 2. The van der Waals surface area contributed by atoms with Crippen LogP contribution in [0.5, 0.6) is 0 Å². The van der Waals surface area contributed by atoms with Gasteiger partial charge >= 0.3 is 5.97 Å². The van der Waals surface area contributed by atoms with Crippen LogP contribution < -0.4 is 0 Å². The summed E-state index contributed by atoms with van der Waals surface area (Å²) < 4.78 is 9.79. The first-order valence-corrected chi connectivity index (χ1v) is 5.15. The van der Waals surface area contributed by atoms with E-state index < -0.39 is 6.10 Å². The third-order valence-electron chi connectivity index (χ3n) is 2.09. The molecule has 0 fully saturated rings. The molecule has 0 saturated carbocycles. The Morgan fingerprint density at radius 2 is 2.06 bits per heavy atom. The molecular formula is C13H16O3. The molecule has 0 saturated heterocycles. The summed E-state index contributed by atoms with van der Waals surface area (Å²) in [5.74, 6) is -0.354.